The highest BCUT2D eigenvalue weighted by Gasteiger charge is 1.92. The lowest BCUT2D eigenvalue weighted by Crippen LogP contribution is -2.24. The highest BCUT2D eigenvalue weighted by Crippen LogP contribution is 1.83. The first-order valence-electron chi connectivity index (χ1n) is 5.13. The fourth-order valence-electron chi connectivity index (χ4n) is 1.17. The minimum Gasteiger partial charge on any atom is -0.344 e. The van der Waals surface area contributed by atoms with Crippen LogP contribution in [-0.2, 0) is 0 Å². The first kappa shape index (κ1) is 16.3. The molecule has 0 atom stereocenters. The quantitative estimate of drug-likeness (QED) is 0.570. The predicted octanol–water partition coefficient (Wildman–Crippen LogP) is 0.641. The van der Waals surface area contributed by atoms with Gasteiger partial charge >= 0.3 is 0 Å². The van der Waals surface area contributed by atoms with Gasteiger partial charge in [-0.2, -0.15) is 0 Å². The SMILES string of the molecule is CN(C)CCCNCCCN(C)C.N. The molecule has 0 bridgehead atoms. The molecule has 0 aliphatic carbocycles. The van der Waals surface area contributed by atoms with Crippen molar-refractivity contribution in [3.63, 3.8) is 0 Å². The number of nitrogens with one attached hydrogen (secondary N) is 1. The van der Waals surface area contributed by atoms with E-state index in [1.165, 1.54) is 25.9 Å². The third kappa shape index (κ3) is 14.4. The summed E-state index contributed by atoms with van der Waals surface area (Å²) in [5, 5.41) is 3.44. The lowest BCUT2D eigenvalue weighted by Gasteiger charge is -2.11. The molecule has 0 fully saturated rings. The fourth-order valence-corrected chi connectivity index (χ4v) is 1.17. The minimum atomic E-state index is 0. The Balaban J connectivity index is 0. The van der Waals surface area contributed by atoms with E-state index in [0.717, 1.165) is 13.1 Å². The van der Waals surface area contributed by atoms with Crippen LogP contribution in [-0.4, -0.2) is 64.2 Å². The summed E-state index contributed by atoms with van der Waals surface area (Å²) in [6.45, 7) is 4.65. The normalized spacial score (nSPS) is 10.7. The predicted molar refractivity (Wildman–Crippen MR) is 64.2 cm³/mol. The summed E-state index contributed by atoms with van der Waals surface area (Å²) in [6.07, 6.45) is 2.49. The molecule has 0 aromatic carbocycles. The monoisotopic (exact) mass is 204 g/mol. The summed E-state index contributed by atoms with van der Waals surface area (Å²) in [5.74, 6) is 0. The van der Waals surface area contributed by atoms with Gasteiger partial charge < -0.3 is 21.3 Å². The van der Waals surface area contributed by atoms with Crippen LogP contribution in [0.5, 0.6) is 0 Å². The van der Waals surface area contributed by atoms with E-state index in [4.69, 9.17) is 0 Å². The van der Waals surface area contributed by atoms with Crippen LogP contribution >= 0.6 is 0 Å². The van der Waals surface area contributed by atoms with Crippen molar-refractivity contribution in [3.05, 3.63) is 0 Å². The Hall–Kier alpha value is -0.160. The first-order valence-corrected chi connectivity index (χ1v) is 5.13. The third-order valence-corrected chi connectivity index (χ3v) is 1.92. The van der Waals surface area contributed by atoms with Crippen LogP contribution < -0.4 is 11.5 Å². The smallest absolute Gasteiger partial charge is 0.00127 e. The molecular weight excluding hydrogens is 176 g/mol. The molecular formula is C10H28N4. The van der Waals surface area contributed by atoms with Crippen LogP contribution in [0.2, 0.25) is 0 Å². The molecule has 0 saturated heterocycles. The van der Waals surface area contributed by atoms with E-state index >= 15 is 0 Å². The average Bonchev–Trinajstić information content (AvgIpc) is 2.01. The Labute approximate surface area is 89.2 Å². The van der Waals surface area contributed by atoms with Gasteiger partial charge in [-0.25, -0.2) is 0 Å². The molecule has 0 radical (unpaired) electrons. The lowest BCUT2D eigenvalue weighted by atomic mass is 10.3. The van der Waals surface area contributed by atoms with Crippen molar-refractivity contribution in [1.82, 2.24) is 21.3 Å². The third-order valence-electron chi connectivity index (χ3n) is 1.92. The van der Waals surface area contributed by atoms with Gasteiger partial charge in [0.1, 0.15) is 0 Å². The minimum absolute atomic E-state index is 0. The van der Waals surface area contributed by atoms with Crippen LogP contribution in [0.1, 0.15) is 12.8 Å². The van der Waals surface area contributed by atoms with E-state index in [2.05, 4.69) is 43.3 Å². The first-order chi connectivity index (χ1) is 6.13. The van der Waals surface area contributed by atoms with Gasteiger partial charge in [0.05, 0.1) is 0 Å². The van der Waals surface area contributed by atoms with Gasteiger partial charge in [-0.05, 0) is 67.2 Å². The van der Waals surface area contributed by atoms with Gasteiger partial charge in [0.25, 0.3) is 0 Å². The average molecular weight is 204 g/mol. The molecule has 0 aromatic rings. The Morgan fingerprint density at radius 1 is 0.786 bits per heavy atom. The van der Waals surface area contributed by atoms with Crippen LogP contribution in [0.3, 0.4) is 0 Å². The van der Waals surface area contributed by atoms with Gasteiger partial charge in [-0.15, -0.1) is 0 Å². The fraction of sp³-hybridized carbons (Fsp3) is 1.00. The molecule has 4 N–H and O–H groups in total. The number of hydrogen-bond acceptors (Lipinski definition) is 4. The van der Waals surface area contributed by atoms with Crippen molar-refractivity contribution in [2.24, 2.45) is 0 Å². The number of rotatable bonds is 8. The molecule has 0 saturated carbocycles. The number of hydrogen-bond donors (Lipinski definition) is 2. The Morgan fingerprint density at radius 3 is 1.43 bits per heavy atom. The van der Waals surface area contributed by atoms with Crippen LogP contribution in [0, 0.1) is 0 Å². The van der Waals surface area contributed by atoms with E-state index in [1.54, 1.807) is 0 Å². The molecule has 0 heterocycles. The standard InChI is InChI=1S/C10H25N3.H3N/c1-12(2)9-5-7-11-8-6-10-13(3)4;/h11H,5-10H2,1-4H3;1H3. The van der Waals surface area contributed by atoms with Crippen molar-refractivity contribution >= 4 is 0 Å². The van der Waals surface area contributed by atoms with Crippen molar-refractivity contribution in [2.45, 2.75) is 12.8 Å². The second-order valence-electron chi connectivity index (χ2n) is 4.06. The molecule has 0 rings (SSSR count). The zero-order valence-corrected chi connectivity index (χ0v) is 10.3. The molecule has 0 aliphatic rings. The van der Waals surface area contributed by atoms with Gasteiger partial charge in [0.2, 0.25) is 0 Å². The maximum atomic E-state index is 3.44. The summed E-state index contributed by atoms with van der Waals surface area (Å²) < 4.78 is 0. The van der Waals surface area contributed by atoms with Crippen molar-refractivity contribution < 1.29 is 0 Å². The maximum Gasteiger partial charge on any atom is -0.00127 e. The molecule has 14 heavy (non-hydrogen) atoms. The summed E-state index contributed by atoms with van der Waals surface area (Å²) in [7, 11) is 8.47. The van der Waals surface area contributed by atoms with Crippen LogP contribution in [0.15, 0.2) is 0 Å². The molecule has 4 heteroatoms. The molecule has 0 unspecified atom stereocenters. The molecule has 0 amide bonds. The van der Waals surface area contributed by atoms with Crippen molar-refractivity contribution in [3.8, 4) is 0 Å². The zero-order valence-electron chi connectivity index (χ0n) is 10.3. The summed E-state index contributed by atoms with van der Waals surface area (Å²) in [5.41, 5.74) is 0. The van der Waals surface area contributed by atoms with Crippen molar-refractivity contribution in [2.75, 3.05) is 54.4 Å². The molecule has 4 nitrogen and oxygen atoms in total. The molecule has 0 aliphatic heterocycles. The molecule has 0 aromatic heterocycles. The van der Waals surface area contributed by atoms with Gasteiger partial charge in [-0.1, -0.05) is 0 Å². The van der Waals surface area contributed by atoms with Crippen LogP contribution in [0.4, 0.5) is 0 Å². The van der Waals surface area contributed by atoms with E-state index < -0.39 is 0 Å². The van der Waals surface area contributed by atoms with Gasteiger partial charge in [-0.3, -0.25) is 0 Å². The Kier molecular flexibility index (Phi) is 12.7. The van der Waals surface area contributed by atoms with E-state index in [0.29, 0.717) is 0 Å². The molecule has 0 spiro atoms. The summed E-state index contributed by atoms with van der Waals surface area (Å²) in [4.78, 5) is 4.45. The van der Waals surface area contributed by atoms with Gasteiger partial charge in [0, 0.05) is 0 Å². The van der Waals surface area contributed by atoms with Gasteiger partial charge in [0.15, 0.2) is 0 Å². The highest BCUT2D eigenvalue weighted by molar-refractivity contribution is 4.52. The van der Waals surface area contributed by atoms with E-state index in [9.17, 15) is 0 Å². The second kappa shape index (κ2) is 10.9. The van der Waals surface area contributed by atoms with E-state index in [1.807, 2.05) is 0 Å². The lowest BCUT2D eigenvalue weighted by molar-refractivity contribution is 0.380. The number of nitrogens with zero attached hydrogens (tertiary/aromatic N) is 2. The Bertz CT molecular complexity index is 92.3. The highest BCUT2D eigenvalue weighted by atomic mass is 15.1. The largest absolute Gasteiger partial charge is 0.344 e. The second-order valence-corrected chi connectivity index (χ2v) is 4.06. The Morgan fingerprint density at radius 2 is 1.14 bits per heavy atom. The topological polar surface area (TPSA) is 53.5 Å². The molecule has 88 valence electrons. The van der Waals surface area contributed by atoms with Crippen molar-refractivity contribution in [1.29, 1.82) is 0 Å². The van der Waals surface area contributed by atoms with E-state index in [-0.39, 0.29) is 6.15 Å². The van der Waals surface area contributed by atoms with Crippen LogP contribution in [0.25, 0.3) is 0 Å². The zero-order chi connectivity index (χ0) is 10.1. The maximum absolute atomic E-state index is 3.44. The summed E-state index contributed by atoms with van der Waals surface area (Å²) in [6, 6.07) is 0. The summed E-state index contributed by atoms with van der Waals surface area (Å²) >= 11 is 0.